The van der Waals surface area contributed by atoms with E-state index in [1.165, 1.54) is 6.92 Å². The molecule has 1 atom stereocenters. The van der Waals surface area contributed by atoms with E-state index in [0.29, 0.717) is 6.07 Å². The fraction of sp³-hybridized carbons (Fsp3) is 0.273. The van der Waals surface area contributed by atoms with E-state index in [0.717, 1.165) is 12.1 Å². The van der Waals surface area contributed by atoms with Gasteiger partial charge in [-0.05, 0) is 19.1 Å². The van der Waals surface area contributed by atoms with Crippen molar-refractivity contribution >= 4 is 5.84 Å². The fourth-order valence-electron chi connectivity index (χ4n) is 1.14. The van der Waals surface area contributed by atoms with Crippen molar-refractivity contribution in [1.29, 1.82) is 10.7 Å². The monoisotopic (exact) mass is 239 g/mol. The third-order valence-electron chi connectivity index (χ3n) is 2.22. The number of hydrogen-bond acceptors (Lipinski definition) is 3. The lowest BCUT2D eigenvalue weighted by atomic mass is 10.0. The minimum Gasteiger partial charge on any atom is -0.476 e. The van der Waals surface area contributed by atoms with E-state index < -0.39 is 23.1 Å². The Bertz CT molecular complexity index is 484. The highest BCUT2D eigenvalue weighted by Gasteiger charge is 2.31. The molecule has 1 rings (SSSR count). The summed E-state index contributed by atoms with van der Waals surface area (Å²) in [7, 11) is 0. The molecule has 1 aromatic rings. The molecule has 0 heterocycles. The quantitative estimate of drug-likeness (QED) is 0.622. The topological polar surface area (TPSA) is 82.9 Å². The van der Waals surface area contributed by atoms with Crippen LogP contribution in [0.5, 0.6) is 5.75 Å². The van der Waals surface area contributed by atoms with Gasteiger partial charge in [0.15, 0.2) is 17.2 Å². The molecule has 0 bridgehead atoms. The second-order valence-electron chi connectivity index (χ2n) is 3.66. The summed E-state index contributed by atoms with van der Waals surface area (Å²) in [6.07, 6.45) is -0.209. The minimum atomic E-state index is -1.42. The number of hydrogen-bond donors (Lipinski definition) is 2. The standard InChI is InChI=1S/C11H11F2N3O/c1-11(4-5-14,10(15)16)17-9-3-2-7(12)6-8(9)13/h2-3,6H,4H2,1H3,(H3,15,16). The molecule has 0 spiro atoms. The average Bonchev–Trinajstić information content (AvgIpc) is 2.22. The Labute approximate surface area is 97.1 Å². The molecular weight excluding hydrogens is 228 g/mol. The summed E-state index contributed by atoms with van der Waals surface area (Å²) < 4.78 is 31.2. The van der Waals surface area contributed by atoms with Crippen molar-refractivity contribution in [1.82, 2.24) is 0 Å². The van der Waals surface area contributed by atoms with Gasteiger partial charge in [0.2, 0.25) is 0 Å². The van der Waals surface area contributed by atoms with Crippen LogP contribution in [-0.2, 0) is 0 Å². The van der Waals surface area contributed by atoms with Gasteiger partial charge in [-0.15, -0.1) is 0 Å². The first-order valence-electron chi connectivity index (χ1n) is 4.74. The van der Waals surface area contributed by atoms with Crippen LogP contribution in [0.3, 0.4) is 0 Å². The number of nitrogens with one attached hydrogen (secondary N) is 1. The van der Waals surface area contributed by atoms with Gasteiger partial charge in [0, 0.05) is 6.07 Å². The Morgan fingerprint density at radius 2 is 2.24 bits per heavy atom. The maximum absolute atomic E-state index is 13.3. The van der Waals surface area contributed by atoms with Gasteiger partial charge < -0.3 is 10.5 Å². The van der Waals surface area contributed by atoms with E-state index >= 15 is 0 Å². The second kappa shape index (κ2) is 4.78. The molecule has 4 nitrogen and oxygen atoms in total. The molecule has 0 saturated heterocycles. The number of nitrogens with two attached hydrogens (primary N) is 1. The molecule has 0 aliphatic carbocycles. The fourth-order valence-corrected chi connectivity index (χ4v) is 1.14. The van der Waals surface area contributed by atoms with Crippen LogP contribution in [0.25, 0.3) is 0 Å². The Hall–Kier alpha value is -2.16. The molecule has 0 amide bonds. The van der Waals surface area contributed by atoms with Gasteiger partial charge >= 0.3 is 0 Å². The lowest BCUT2D eigenvalue weighted by Crippen LogP contribution is -2.45. The van der Waals surface area contributed by atoms with Crippen LogP contribution in [0.2, 0.25) is 0 Å². The predicted molar refractivity (Wildman–Crippen MR) is 57.5 cm³/mol. The zero-order valence-corrected chi connectivity index (χ0v) is 9.13. The van der Waals surface area contributed by atoms with Crippen molar-refractivity contribution in [2.75, 3.05) is 0 Å². The third kappa shape index (κ3) is 2.91. The zero-order chi connectivity index (χ0) is 13.1. The Morgan fingerprint density at radius 3 is 2.71 bits per heavy atom. The highest BCUT2D eigenvalue weighted by Crippen LogP contribution is 2.24. The van der Waals surface area contributed by atoms with Crippen molar-refractivity contribution in [2.45, 2.75) is 18.9 Å². The molecule has 0 aliphatic rings. The molecule has 6 heteroatoms. The number of nitriles is 1. The average molecular weight is 239 g/mol. The summed E-state index contributed by atoms with van der Waals surface area (Å²) in [6, 6.07) is 4.56. The van der Waals surface area contributed by atoms with Crippen molar-refractivity contribution in [3.63, 3.8) is 0 Å². The maximum atomic E-state index is 13.3. The van der Waals surface area contributed by atoms with Crippen LogP contribution in [0, 0.1) is 28.4 Å². The highest BCUT2D eigenvalue weighted by atomic mass is 19.1. The van der Waals surface area contributed by atoms with Crippen molar-refractivity contribution in [3.8, 4) is 11.8 Å². The summed E-state index contributed by atoms with van der Waals surface area (Å²) >= 11 is 0. The highest BCUT2D eigenvalue weighted by molar-refractivity contribution is 5.86. The summed E-state index contributed by atoms with van der Waals surface area (Å²) in [6.45, 7) is 1.39. The summed E-state index contributed by atoms with van der Waals surface area (Å²) in [5, 5.41) is 15.9. The largest absolute Gasteiger partial charge is 0.476 e. The number of ether oxygens (including phenoxy) is 1. The molecule has 0 fully saturated rings. The minimum absolute atomic E-state index is 0.209. The SMILES string of the molecule is CC(CC#N)(Oc1ccc(F)cc1F)C(=N)N. The number of rotatable bonds is 4. The smallest absolute Gasteiger partial charge is 0.175 e. The molecule has 1 unspecified atom stereocenters. The lowest BCUT2D eigenvalue weighted by molar-refractivity contribution is 0.156. The van der Waals surface area contributed by atoms with Gasteiger partial charge in [-0.3, -0.25) is 5.41 Å². The van der Waals surface area contributed by atoms with Crippen LogP contribution < -0.4 is 10.5 Å². The first kappa shape index (κ1) is 12.9. The molecular formula is C11H11F2N3O. The van der Waals surface area contributed by atoms with E-state index in [1.54, 1.807) is 6.07 Å². The van der Waals surface area contributed by atoms with Crippen molar-refractivity contribution in [2.24, 2.45) is 5.73 Å². The number of halogens is 2. The Balaban J connectivity index is 3.03. The van der Waals surface area contributed by atoms with Gasteiger partial charge in [0.1, 0.15) is 11.7 Å². The summed E-state index contributed by atoms with van der Waals surface area (Å²) in [5.74, 6) is -2.29. The number of amidine groups is 1. The predicted octanol–water partition coefficient (Wildman–Crippen LogP) is 1.95. The van der Waals surface area contributed by atoms with Crippen LogP contribution in [-0.4, -0.2) is 11.4 Å². The maximum Gasteiger partial charge on any atom is 0.175 e. The molecule has 0 radical (unpaired) electrons. The normalized spacial score (nSPS) is 13.5. The lowest BCUT2D eigenvalue weighted by Gasteiger charge is -2.27. The third-order valence-corrected chi connectivity index (χ3v) is 2.22. The number of benzene rings is 1. The van der Waals surface area contributed by atoms with E-state index in [9.17, 15) is 8.78 Å². The molecule has 3 N–H and O–H groups in total. The Kier molecular flexibility index (Phi) is 3.63. The first-order valence-corrected chi connectivity index (χ1v) is 4.74. The van der Waals surface area contributed by atoms with Crippen molar-refractivity contribution < 1.29 is 13.5 Å². The van der Waals surface area contributed by atoms with E-state index in [4.69, 9.17) is 21.1 Å². The van der Waals surface area contributed by atoms with Gasteiger partial charge in [-0.25, -0.2) is 8.78 Å². The molecule has 0 aliphatic heterocycles. The van der Waals surface area contributed by atoms with Crippen LogP contribution in [0.4, 0.5) is 8.78 Å². The first-order chi connectivity index (χ1) is 7.89. The van der Waals surface area contributed by atoms with Gasteiger partial charge in [-0.2, -0.15) is 5.26 Å². The second-order valence-corrected chi connectivity index (χ2v) is 3.66. The Morgan fingerprint density at radius 1 is 1.59 bits per heavy atom. The summed E-state index contributed by atoms with van der Waals surface area (Å²) in [5.41, 5.74) is 3.87. The zero-order valence-electron chi connectivity index (χ0n) is 9.13. The van der Waals surface area contributed by atoms with Crippen LogP contribution in [0.1, 0.15) is 13.3 Å². The molecule has 0 saturated carbocycles. The molecule has 0 aromatic heterocycles. The molecule has 1 aromatic carbocycles. The van der Waals surface area contributed by atoms with Gasteiger partial charge in [0.05, 0.1) is 12.5 Å². The molecule has 17 heavy (non-hydrogen) atoms. The van der Waals surface area contributed by atoms with E-state index in [2.05, 4.69) is 0 Å². The van der Waals surface area contributed by atoms with Gasteiger partial charge in [0.25, 0.3) is 0 Å². The van der Waals surface area contributed by atoms with Crippen LogP contribution in [0.15, 0.2) is 18.2 Å². The van der Waals surface area contributed by atoms with Crippen molar-refractivity contribution in [3.05, 3.63) is 29.8 Å². The van der Waals surface area contributed by atoms with Gasteiger partial charge in [-0.1, -0.05) is 0 Å². The number of nitrogens with zero attached hydrogens (tertiary/aromatic N) is 1. The van der Waals surface area contributed by atoms with E-state index in [-0.39, 0.29) is 12.2 Å². The molecule has 90 valence electrons. The summed E-state index contributed by atoms with van der Waals surface area (Å²) in [4.78, 5) is 0. The van der Waals surface area contributed by atoms with E-state index in [1.807, 2.05) is 0 Å². The van der Waals surface area contributed by atoms with Crippen LogP contribution >= 0.6 is 0 Å².